The molecule has 1 amide bonds. The van der Waals surface area contributed by atoms with Gasteiger partial charge in [-0.05, 0) is 43.7 Å². The number of hydrogen-bond acceptors (Lipinski definition) is 2. The van der Waals surface area contributed by atoms with E-state index in [0.29, 0.717) is 17.2 Å². The Morgan fingerprint density at radius 3 is 2.48 bits per heavy atom. The summed E-state index contributed by atoms with van der Waals surface area (Å²) in [6.07, 6.45) is 0. The summed E-state index contributed by atoms with van der Waals surface area (Å²) in [7, 11) is 0. The molecule has 0 aliphatic rings. The van der Waals surface area contributed by atoms with Crippen LogP contribution < -0.4 is 10.1 Å². The molecule has 0 fully saturated rings. The molecule has 1 N–H and O–H groups in total. The molecule has 0 unspecified atom stereocenters. The molecule has 0 bridgehead atoms. The van der Waals surface area contributed by atoms with Crippen molar-refractivity contribution in [2.45, 2.75) is 19.9 Å². The molecule has 4 heteroatoms. The molecule has 2 rings (SSSR count). The van der Waals surface area contributed by atoms with Crippen LogP contribution in [-0.4, -0.2) is 12.5 Å². The predicted molar refractivity (Wildman–Crippen MR) is 84.9 cm³/mol. The van der Waals surface area contributed by atoms with E-state index in [-0.39, 0.29) is 11.9 Å². The van der Waals surface area contributed by atoms with Crippen molar-refractivity contribution >= 4 is 17.5 Å². The van der Waals surface area contributed by atoms with Crippen LogP contribution in [0.15, 0.2) is 48.5 Å². The minimum absolute atomic E-state index is 0.107. The standard InChI is InChI=1S/C17H18ClNO2/c1-3-21-14-10-8-13(9-11-14)12(2)19-17(20)15-6-4-5-7-16(15)18/h4-12H,3H2,1-2H3,(H,19,20)/t12-/m1/s1. The molecule has 0 radical (unpaired) electrons. The highest BCUT2D eigenvalue weighted by Crippen LogP contribution is 2.20. The molecule has 0 heterocycles. The van der Waals surface area contributed by atoms with E-state index in [1.165, 1.54) is 0 Å². The Kier molecular flexibility index (Phi) is 5.23. The van der Waals surface area contributed by atoms with Gasteiger partial charge in [0.05, 0.1) is 23.2 Å². The number of halogens is 1. The zero-order valence-corrected chi connectivity index (χ0v) is 12.9. The molecular formula is C17H18ClNO2. The highest BCUT2D eigenvalue weighted by molar-refractivity contribution is 6.33. The largest absolute Gasteiger partial charge is 0.494 e. The Labute approximate surface area is 129 Å². The number of carbonyl (C=O) groups is 1. The third-order valence-corrected chi connectivity index (χ3v) is 3.49. The van der Waals surface area contributed by atoms with Gasteiger partial charge >= 0.3 is 0 Å². The highest BCUT2D eigenvalue weighted by Gasteiger charge is 2.13. The molecule has 2 aromatic carbocycles. The van der Waals surface area contributed by atoms with E-state index in [2.05, 4.69) is 5.32 Å². The second kappa shape index (κ2) is 7.14. The Hall–Kier alpha value is -2.00. The van der Waals surface area contributed by atoms with E-state index in [1.807, 2.05) is 38.1 Å². The van der Waals surface area contributed by atoms with Crippen molar-refractivity contribution in [3.05, 3.63) is 64.7 Å². The zero-order chi connectivity index (χ0) is 15.2. The Morgan fingerprint density at radius 2 is 1.86 bits per heavy atom. The maximum atomic E-state index is 12.2. The molecule has 2 aromatic rings. The third kappa shape index (κ3) is 3.99. The van der Waals surface area contributed by atoms with Gasteiger partial charge in [0.25, 0.3) is 5.91 Å². The topological polar surface area (TPSA) is 38.3 Å². The van der Waals surface area contributed by atoms with Crippen molar-refractivity contribution in [1.29, 1.82) is 0 Å². The van der Waals surface area contributed by atoms with Gasteiger partial charge < -0.3 is 10.1 Å². The Bertz CT molecular complexity index is 610. The first kappa shape index (κ1) is 15.4. The smallest absolute Gasteiger partial charge is 0.253 e. The second-order valence-corrected chi connectivity index (χ2v) is 5.08. The normalized spacial score (nSPS) is 11.8. The van der Waals surface area contributed by atoms with Crippen LogP contribution in [0.5, 0.6) is 5.75 Å². The molecule has 3 nitrogen and oxygen atoms in total. The first-order valence-corrected chi connectivity index (χ1v) is 7.27. The maximum Gasteiger partial charge on any atom is 0.253 e. The Morgan fingerprint density at radius 1 is 1.19 bits per heavy atom. The number of benzene rings is 2. The quantitative estimate of drug-likeness (QED) is 0.897. The summed E-state index contributed by atoms with van der Waals surface area (Å²) < 4.78 is 5.40. The van der Waals surface area contributed by atoms with Gasteiger partial charge in [0, 0.05) is 0 Å². The van der Waals surface area contributed by atoms with Crippen LogP contribution in [-0.2, 0) is 0 Å². The van der Waals surface area contributed by atoms with Crippen molar-refractivity contribution in [2.24, 2.45) is 0 Å². The summed E-state index contributed by atoms with van der Waals surface area (Å²) in [6, 6.07) is 14.6. The number of rotatable bonds is 5. The summed E-state index contributed by atoms with van der Waals surface area (Å²) in [5, 5.41) is 3.39. The lowest BCUT2D eigenvalue weighted by Gasteiger charge is -2.15. The lowest BCUT2D eigenvalue weighted by atomic mass is 10.1. The average Bonchev–Trinajstić information content (AvgIpc) is 2.48. The van der Waals surface area contributed by atoms with E-state index in [9.17, 15) is 4.79 Å². The first-order chi connectivity index (χ1) is 10.1. The van der Waals surface area contributed by atoms with Crippen LogP contribution in [0.1, 0.15) is 35.8 Å². The van der Waals surface area contributed by atoms with Crippen molar-refractivity contribution in [1.82, 2.24) is 5.32 Å². The molecule has 21 heavy (non-hydrogen) atoms. The SMILES string of the molecule is CCOc1ccc([C@@H](C)NC(=O)c2ccccc2Cl)cc1. The predicted octanol–water partition coefficient (Wildman–Crippen LogP) is 4.23. The number of nitrogens with one attached hydrogen (secondary N) is 1. The van der Waals surface area contributed by atoms with Crippen LogP contribution >= 0.6 is 11.6 Å². The summed E-state index contributed by atoms with van der Waals surface area (Å²) in [5.41, 5.74) is 1.50. The monoisotopic (exact) mass is 303 g/mol. The van der Waals surface area contributed by atoms with Crippen LogP contribution in [0.25, 0.3) is 0 Å². The molecule has 0 aliphatic carbocycles. The molecule has 0 aliphatic heterocycles. The van der Waals surface area contributed by atoms with Crippen molar-refractivity contribution in [3.63, 3.8) is 0 Å². The minimum Gasteiger partial charge on any atom is -0.494 e. The number of hydrogen-bond donors (Lipinski definition) is 1. The summed E-state index contributed by atoms with van der Waals surface area (Å²) in [4.78, 5) is 12.2. The fourth-order valence-electron chi connectivity index (χ4n) is 2.02. The van der Waals surface area contributed by atoms with E-state index < -0.39 is 0 Å². The molecular weight excluding hydrogens is 286 g/mol. The number of amides is 1. The lowest BCUT2D eigenvalue weighted by molar-refractivity contribution is 0.0940. The lowest BCUT2D eigenvalue weighted by Crippen LogP contribution is -2.26. The molecule has 110 valence electrons. The minimum atomic E-state index is -0.179. The van der Waals surface area contributed by atoms with Crippen LogP contribution in [0, 0.1) is 0 Å². The van der Waals surface area contributed by atoms with Gasteiger partial charge in [-0.2, -0.15) is 0 Å². The van der Waals surface area contributed by atoms with E-state index in [4.69, 9.17) is 16.3 Å². The van der Waals surface area contributed by atoms with E-state index >= 15 is 0 Å². The van der Waals surface area contributed by atoms with Gasteiger partial charge in [-0.25, -0.2) is 0 Å². The summed E-state index contributed by atoms with van der Waals surface area (Å²) in [6.45, 7) is 4.52. The van der Waals surface area contributed by atoms with E-state index in [0.717, 1.165) is 11.3 Å². The van der Waals surface area contributed by atoms with Crippen LogP contribution in [0.3, 0.4) is 0 Å². The van der Waals surface area contributed by atoms with E-state index in [1.54, 1.807) is 24.3 Å². The van der Waals surface area contributed by atoms with Gasteiger partial charge in [-0.3, -0.25) is 4.79 Å². The summed E-state index contributed by atoms with van der Waals surface area (Å²) in [5.74, 6) is 0.646. The maximum absolute atomic E-state index is 12.2. The summed E-state index contributed by atoms with van der Waals surface area (Å²) >= 11 is 6.03. The number of ether oxygens (including phenoxy) is 1. The van der Waals surface area contributed by atoms with Crippen LogP contribution in [0.2, 0.25) is 5.02 Å². The van der Waals surface area contributed by atoms with Crippen molar-refractivity contribution < 1.29 is 9.53 Å². The van der Waals surface area contributed by atoms with Gasteiger partial charge in [-0.1, -0.05) is 35.9 Å². The van der Waals surface area contributed by atoms with Gasteiger partial charge in [-0.15, -0.1) is 0 Å². The molecule has 0 saturated carbocycles. The van der Waals surface area contributed by atoms with Crippen molar-refractivity contribution in [2.75, 3.05) is 6.61 Å². The van der Waals surface area contributed by atoms with Gasteiger partial charge in [0.1, 0.15) is 5.75 Å². The average molecular weight is 304 g/mol. The number of carbonyl (C=O) groups excluding carboxylic acids is 1. The molecule has 1 atom stereocenters. The molecule has 0 saturated heterocycles. The highest BCUT2D eigenvalue weighted by atomic mass is 35.5. The fourth-order valence-corrected chi connectivity index (χ4v) is 2.24. The molecule has 0 aromatic heterocycles. The third-order valence-electron chi connectivity index (χ3n) is 3.16. The van der Waals surface area contributed by atoms with Crippen LogP contribution in [0.4, 0.5) is 0 Å². The zero-order valence-electron chi connectivity index (χ0n) is 12.1. The van der Waals surface area contributed by atoms with Crippen molar-refractivity contribution in [3.8, 4) is 5.75 Å². The molecule has 0 spiro atoms. The first-order valence-electron chi connectivity index (χ1n) is 6.90. The Balaban J connectivity index is 2.05. The second-order valence-electron chi connectivity index (χ2n) is 4.68. The van der Waals surface area contributed by atoms with Gasteiger partial charge in [0.15, 0.2) is 0 Å². The fraction of sp³-hybridized carbons (Fsp3) is 0.235. The van der Waals surface area contributed by atoms with Gasteiger partial charge in [0.2, 0.25) is 0 Å².